The molecule has 26 heavy (non-hydrogen) atoms. The van der Waals surface area contributed by atoms with Gasteiger partial charge in [-0.2, -0.15) is 0 Å². The third-order valence-electron chi connectivity index (χ3n) is 5.10. The molecule has 3 rings (SSSR count). The van der Waals surface area contributed by atoms with Gasteiger partial charge in [0, 0.05) is 0 Å². The van der Waals surface area contributed by atoms with Crippen molar-refractivity contribution in [1.29, 1.82) is 0 Å². The molecule has 0 N–H and O–H groups in total. The molecule has 0 heterocycles. The Morgan fingerprint density at radius 1 is 0.769 bits per heavy atom. The first-order valence-electron chi connectivity index (χ1n) is 8.99. The van der Waals surface area contributed by atoms with Crippen LogP contribution >= 0.6 is 0 Å². The lowest BCUT2D eigenvalue weighted by atomic mass is 10.3. The number of esters is 1. The molecule has 3 heteroatoms. The van der Waals surface area contributed by atoms with Crippen molar-refractivity contribution in [2.45, 2.75) is 18.9 Å². The van der Waals surface area contributed by atoms with Crippen LogP contribution < -0.4 is 15.6 Å². The number of ether oxygens (including phenoxy) is 1. The Morgan fingerprint density at radius 3 is 1.38 bits per heavy atom. The van der Waals surface area contributed by atoms with Crippen molar-refractivity contribution in [1.82, 2.24) is 0 Å². The van der Waals surface area contributed by atoms with E-state index in [1.165, 1.54) is 22.7 Å². The van der Waals surface area contributed by atoms with Gasteiger partial charge in [-0.1, -0.05) is 97.9 Å². The van der Waals surface area contributed by atoms with Crippen molar-refractivity contribution in [3.63, 3.8) is 0 Å². The minimum atomic E-state index is -2.61. The predicted molar refractivity (Wildman–Crippen MR) is 110 cm³/mol. The maximum Gasteiger partial charge on any atom is 0.306 e. The van der Waals surface area contributed by atoms with Gasteiger partial charge >= 0.3 is 5.97 Å². The number of methoxy groups -OCH3 is 1. The van der Waals surface area contributed by atoms with Gasteiger partial charge in [0.1, 0.15) is 0 Å². The Bertz CT molecular complexity index is 735. The van der Waals surface area contributed by atoms with Gasteiger partial charge in [0.2, 0.25) is 0 Å². The van der Waals surface area contributed by atoms with Crippen LogP contribution in [-0.2, 0) is 9.53 Å². The molecule has 0 aliphatic heterocycles. The monoisotopic (exact) mass is 360 g/mol. The van der Waals surface area contributed by atoms with E-state index >= 15 is 0 Å². The highest BCUT2D eigenvalue weighted by atomic mass is 28.3. The summed E-state index contributed by atoms with van der Waals surface area (Å²) in [6, 6.07) is 31.4. The van der Waals surface area contributed by atoms with Crippen molar-refractivity contribution >= 4 is 29.6 Å². The van der Waals surface area contributed by atoms with Gasteiger partial charge in [-0.3, -0.25) is 4.79 Å². The Kier molecular flexibility index (Phi) is 5.69. The summed E-state index contributed by atoms with van der Waals surface area (Å²) in [6.07, 6.45) is 0.734. The molecule has 1 unspecified atom stereocenters. The van der Waals surface area contributed by atoms with E-state index in [1.54, 1.807) is 0 Å². The summed E-state index contributed by atoms with van der Waals surface area (Å²) in [7, 11) is -1.12. The van der Waals surface area contributed by atoms with E-state index in [1.807, 2.05) is 18.2 Å². The summed E-state index contributed by atoms with van der Waals surface area (Å²) in [4.78, 5) is 12.9. The Labute approximate surface area is 156 Å². The van der Waals surface area contributed by atoms with E-state index in [-0.39, 0.29) is 11.5 Å². The summed E-state index contributed by atoms with van der Waals surface area (Å²) >= 11 is 0. The van der Waals surface area contributed by atoms with Crippen LogP contribution in [0.4, 0.5) is 0 Å². The molecule has 132 valence electrons. The van der Waals surface area contributed by atoms with E-state index in [0.717, 1.165) is 6.42 Å². The summed E-state index contributed by atoms with van der Waals surface area (Å²) < 4.78 is 5.27. The molecule has 0 aromatic heterocycles. The third-order valence-corrected chi connectivity index (χ3v) is 10.5. The minimum absolute atomic E-state index is 0.129. The average molecular weight is 361 g/mol. The summed E-state index contributed by atoms with van der Waals surface area (Å²) in [5.74, 6) is -0.129. The second-order valence-electron chi connectivity index (χ2n) is 6.39. The fraction of sp³-hybridized carbons (Fsp3) is 0.174. The third kappa shape index (κ3) is 3.11. The van der Waals surface area contributed by atoms with E-state index in [0.29, 0.717) is 0 Å². The lowest BCUT2D eigenvalue weighted by molar-refractivity contribution is -0.140. The van der Waals surface area contributed by atoms with Crippen molar-refractivity contribution in [3.8, 4) is 0 Å². The molecular formula is C23H24O2Si. The summed E-state index contributed by atoms with van der Waals surface area (Å²) in [5.41, 5.74) is -0.195. The number of carbonyl (C=O) groups is 1. The first kappa shape index (κ1) is 18.1. The van der Waals surface area contributed by atoms with Crippen LogP contribution in [0.2, 0.25) is 5.54 Å². The smallest absolute Gasteiger partial charge is 0.306 e. The molecule has 0 bridgehead atoms. The van der Waals surface area contributed by atoms with Gasteiger partial charge in [-0.15, -0.1) is 0 Å². The Morgan fingerprint density at radius 2 is 1.12 bits per heavy atom. The van der Waals surface area contributed by atoms with Crippen LogP contribution in [0.1, 0.15) is 13.3 Å². The number of rotatable bonds is 6. The lowest BCUT2D eigenvalue weighted by Crippen LogP contribution is -2.71. The zero-order valence-electron chi connectivity index (χ0n) is 15.3. The fourth-order valence-corrected chi connectivity index (χ4v) is 9.44. The number of hydrogen-bond acceptors (Lipinski definition) is 2. The van der Waals surface area contributed by atoms with Crippen LogP contribution in [0, 0.1) is 0 Å². The quantitative estimate of drug-likeness (QED) is 0.384. The second-order valence-corrected chi connectivity index (χ2v) is 10.4. The van der Waals surface area contributed by atoms with Gasteiger partial charge < -0.3 is 4.74 Å². The molecule has 0 saturated carbocycles. The fourth-order valence-electron chi connectivity index (χ4n) is 4.00. The molecule has 3 aromatic rings. The van der Waals surface area contributed by atoms with Gasteiger partial charge in [-0.05, 0) is 22.0 Å². The van der Waals surface area contributed by atoms with Crippen LogP contribution in [0.15, 0.2) is 91.0 Å². The number of benzene rings is 3. The van der Waals surface area contributed by atoms with Gasteiger partial charge in [0.15, 0.2) is 8.07 Å². The van der Waals surface area contributed by atoms with E-state index in [2.05, 4.69) is 79.7 Å². The minimum Gasteiger partial charge on any atom is -0.469 e. The van der Waals surface area contributed by atoms with Crippen molar-refractivity contribution in [3.05, 3.63) is 91.0 Å². The van der Waals surface area contributed by atoms with Crippen molar-refractivity contribution in [2.75, 3.05) is 7.11 Å². The van der Waals surface area contributed by atoms with E-state index in [4.69, 9.17) is 4.74 Å². The van der Waals surface area contributed by atoms with E-state index < -0.39 is 8.07 Å². The van der Waals surface area contributed by atoms with Crippen molar-refractivity contribution in [2.24, 2.45) is 0 Å². The maximum atomic E-state index is 12.9. The molecule has 3 aromatic carbocycles. The highest BCUT2D eigenvalue weighted by Crippen LogP contribution is 2.27. The molecule has 1 atom stereocenters. The first-order valence-corrected chi connectivity index (χ1v) is 11.1. The second kappa shape index (κ2) is 8.15. The Hall–Kier alpha value is -2.65. The highest BCUT2D eigenvalue weighted by Gasteiger charge is 2.49. The SMILES string of the molecule is CCC(C(=O)OC)[Si](c1ccccc1)(c1ccccc1)c1ccccc1. The number of hydrogen-bond donors (Lipinski definition) is 0. The standard InChI is InChI=1S/C23H24O2Si/c1-3-22(23(24)25-2)26(19-13-7-4-8-14-19,20-15-9-5-10-16-20)21-17-11-6-12-18-21/h4-18,22H,3H2,1-2H3. The normalized spacial score (nSPS) is 12.4. The topological polar surface area (TPSA) is 26.3 Å². The summed E-state index contributed by atoms with van der Waals surface area (Å²) in [5, 5.41) is 3.69. The largest absolute Gasteiger partial charge is 0.469 e. The molecule has 0 fully saturated rings. The first-order chi connectivity index (χ1) is 12.7. The molecule has 0 radical (unpaired) electrons. The molecule has 0 amide bonds. The van der Waals surface area contributed by atoms with Crippen LogP contribution in [0.3, 0.4) is 0 Å². The molecule has 2 nitrogen and oxygen atoms in total. The lowest BCUT2D eigenvalue weighted by Gasteiger charge is -2.38. The number of carbonyl (C=O) groups excluding carboxylic acids is 1. The average Bonchev–Trinajstić information content (AvgIpc) is 2.73. The predicted octanol–water partition coefficient (Wildman–Crippen LogP) is 3.11. The van der Waals surface area contributed by atoms with Gasteiger partial charge in [0.25, 0.3) is 0 Å². The molecule has 0 spiro atoms. The molecular weight excluding hydrogens is 336 g/mol. The zero-order valence-corrected chi connectivity index (χ0v) is 16.3. The van der Waals surface area contributed by atoms with E-state index in [9.17, 15) is 4.79 Å². The van der Waals surface area contributed by atoms with Crippen LogP contribution in [0.5, 0.6) is 0 Å². The van der Waals surface area contributed by atoms with Gasteiger partial charge in [-0.25, -0.2) is 0 Å². The maximum absolute atomic E-state index is 12.9. The Balaban J connectivity index is 2.41. The highest BCUT2D eigenvalue weighted by molar-refractivity contribution is 7.13. The van der Waals surface area contributed by atoms with Crippen LogP contribution in [0.25, 0.3) is 0 Å². The molecule has 0 aliphatic carbocycles. The molecule has 0 aliphatic rings. The molecule has 0 saturated heterocycles. The zero-order chi connectivity index (χ0) is 18.4. The van der Waals surface area contributed by atoms with Crippen molar-refractivity contribution < 1.29 is 9.53 Å². The van der Waals surface area contributed by atoms with Crippen LogP contribution in [-0.4, -0.2) is 21.2 Å². The summed E-state index contributed by atoms with van der Waals surface area (Å²) in [6.45, 7) is 2.08. The van der Waals surface area contributed by atoms with Gasteiger partial charge in [0.05, 0.1) is 12.7 Å².